The van der Waals surface area contributed by atoms with Crippen LogP contribution in [0.1, 0.15) is 42.0 Å². The Kier molecular flexibility index (Phi) is 8.86. The first-order chi connectivity index (χ1) is 16.4. The third-order valence-corrected chi connectivity index (χ3v) is 6.18. The molecule has 0 bridgehead atoms. The van der Waals surface area contributed by atoms with Gasteiger partial charge in [0, 0.05) is 6.54 Å². The predicted molar refractivity (Wildman–Crippen MR) is 134 cm³/mol. The Morgan fingerprint density at radius 1 is 0.853 bits per heavy atom. The maximum atomic E-state index is 12.3. The largest absolute Gasteiger partial charge is 0.497 e. The summed E-state index contributed by atoms with van der Waals surface area (Å²) in [6, 6.07) is 25.4. The minimum absolute atomic E-state index is 0.0366. The van der Waals surface area contributed by atoms with Crippen LogP contribution in [0.4, 0.5) is 0 Å². The van der Waals surface area contributed by atoms with E-state index in [4.69, 9.17) is 4.74 Å². The molecule has 5 nitrogen and oxygen atoms in total. The maximum Gasteiger partial charge on any atom is 0.309 e. The molecule has 1 amide bonds. The Bertz CT molecular complexity index is 1060. The van der Waals surface area contributed by atoms with E-state index in [9.17, 15) is 14.7 Å². The van der Waals surface area contributed by atoms with Gasteiger partial charge in [-0.15, -0.1) is 0 Å². The fourth-order valence-electron chi connectivity index (χ4n) is 4.02. The number of hydrogen-bond donors (Lipinski definition) is 2. The summed E-state index contributed by atoms with van der Waals surface area (Å²) in [5, 5.41) is 12.9. The van der Waals surface area contributed by atoms with Gasteiger partial charge in [0.2, 0.25) is 5.91 Å². The number of carboxylic acids is 1. The summed E-state index contributed by atoms with van der Waals surface area (Å²) in [6.07, 6.45) is 2.94. The number of nitrogens with one attached hydrogen (secondary N) is 1. The van der Waals surface area contributed by atoms with Crippen molar-refractivity contribution in [2.24, 2.45) is 5.41 Å². The molecule has 0 aliphatic heterocycles. The highest BCUT2D eigenvalue weighted by atomic mass is 16.5. The lowest BCUT2D eigenvalue weighted by Gasteiger charge is -2.25. The van der Waals surface area contributed by atoms with E-state index in [0.717, 1.165) is 35.3 Å². The number of carbonyl (C=O) groups is 2. The second-order valence-electron chi connectivity index (χ2n) is 9.00. The molecule has 0 radical (unpaired) electrons. The van der Waals surface area contributed by atoms with Crippen LogP contribution in [0, 0.1) is 5.41 Å². The molecule has 2 N–H and O–H groups in total. The maximum absolute atomic E-state index is 12.3. The van der Waals surface area contributed by atoms with Gasteiger partial charge in [-0.1, -0.05) is 66.7 Å². The summed E-state index contributed by atoms with van der Waals surface area (Å²) in [5.74, 6) is -0.00615. The Balaban J connectivity index is 1.51. The van der Waals surface area contributed by atoms with Gasteiger partial charge in [-0.05, 0) is 67.0 Å². The number of amides is 1. The van der Waals surface area contributed by atoms with Gasteiger partial charge in [0.05, 0.1) is 18.9 Å². The first-order valence-electron chi connectivity index (χ1n) is 11.6. The van der Waals surface area contributed by atoms with E-state index in [-0.39, 0.29) is 5.91 Å². The van der Waals surface area contributed by atoms with E-state index in [0.29, 0.717) is 25.8 Å². The Hall–Kier alpha value is -3.60. The van der Waals surface area contributed by atoms with Gasteiger partial charge in [-0.25, -0.2) is 0 Å². The summed E-state index contributed by atoms with van der Waals surface area (Å²) < 4.78 is 5.19. The molecular weight excluding hydrogens is 426 g/mol. The average molecular weight is 460 g/mol. The second-order valence-corrected chi connectivity index (χ2v) is 9.00. The molecule has 0 fully saturated rings. The third kappa shape index (κ3) is 7.48. The van der Waals surface area contributed by atoms with Crippen molar-refractivity contribution in [3.05, 3.63) is 101 Å². The Labute approximate surface area is 201 Å². The topological polar surface area (TPSA) is 75.6 Å². The van der Waals surface area contributed by atoms with Gasteiger partial charge in [-0.3, -0.25) is 9.59 Å². The molecule has 1 unspecified atom stereocenters. The first kappa shape index (κ1) is 25.0. The first-order valence-corrected chi connectivity index (χ1v) is 11.6. The molecule has 5 heteroatoms. The molecule has 178 valence electrons. The summed E-state index contributed by atoms with van der Waals surface area (Å²) in [7, 11) is 1.64. The van der Waals surface area contributed by atoms with Crippen molar-refractivity contribution in [1.29, 1.82) is 0 Å². The third-order valence-electron chi connectivity index (χ3n) is 6.18. The normalized spacial score (nSPS) is 12.5. The minimum atomic E-state index is -0.846. The molecule has 34 heavy (non-hydrogen) atoms. The zero-order chi connectivity index (χ0) is 24.4. The van der Waals surface area contributed by atoms with Crippen LogP contribution < -0.4 is 10.1 Å². The Morgan fingerprint density at radius 2 is 1.47 bits per heavy atom. The molecule has 0 saturated heterocycles. The lowest BCUT2D eigenvalue weighted by Crippen LogP contribution is -2.30. The molecule has 1 atom stereocenters. The number of methoxy groups -OCH3 is 1. The summed E-state index contributed by atoms with van der Waals surface area (Å²) >= 11 is 0. The van der Waals surface area contributed by atoms with Crippen LogP contribution in [0.5, 0.6) is 5.75 Å². The molecule has 0 aliphatic carbocycles. The highest BCUT2D eigenvalue weighted by Gasteiger charge is 2.32. The van der Waals surface area contributed by atoms with E-state index < -0.39 is 11.4 Å². The van der Waals surface area contributed by atoms with Gasteiger partial charge in [-0.2, -0.15) is 0 Å². The number of rotatable bonds is 12. The number of hydrogen-bond acceptors (Lipinski definition) is 3. The van der Waals surface area contributed by atoms with Gasteiger partial charge in [0.1, 0.15) is 5.75 Å². The highest BCUT2D eigenvalue weighted by molar-refractivity contribution is 5.78. The van der Waals surface area contributed by atoms with Gasteiger partial charge >= 0.3 is 5.97 Å². The molecule has 3 aromatic carbocycles. The monoisotopic (exact) mass is 459 g/mol. The van der Waals surface area contributed by atoms with E-state index in [1.54, 1.807) is 7.11 Å². The van der Waals surface area contributed by atoms with Crippen molar-refractivity contribution in [3.8, 4) is 5.75 Å². The molecule has 3 rings (SSSR count). The van der Waals surface area contributed by atoms with Crippen molar-refractivity contribution >= 4 is 11.9 Å². The van der Waals surface area contributed by atoms with Gasteiger partial charge < -0.3 is 15.2 Å². The van der Waals surface area contributed by atoms with Crippen LogP contribution in [0.25, 0.3) is 0 Å². The molecule has 3 aromatic rings. The second kappa shape index (κ2) is 12.0. The Morgan fingerprint density at radius 3 is 2.09 bits per heavy atom. The summed E-state index contributed by atoms with van der Waals surface area (Å²) in [5.41, 5.74) is 3.25. The molecule has 0 aliphatic rings. The number of aryl methyl sites for hydroxylation is 1. The number of ether oxygens (including phenoxy) is 1. The van der Waals surface area contributed by atoms with Gasteiger partial charge in [0.25, 0.3) is 0 Å². The fourth-order valence-corrected chi connectivity index (χ4v) is 4.02. The van der Waals surface area contributed by atoms with Crippen LogP contribution in [-0.2, 0) is 35.4 Å². The van der Waals surface area contributed by atoms with Gasteiger partial charge in [0.15, 0.2) is 0 Å². The molecule has 0 saturated carbocycles. The van der Waals surface area contributed by atoms with E-state index in [2.05, 4.69) is 5.32 Å². The summed E-state index contributed by atoms with van der Waals surface area (Å²) in [6.45, 7) is 2.32. The van der Waals surface area contributed by atoms with Crippen molar-refractivity contribution in [2.75, 3.05) is 7.11 Å². The number of benzene rings is 3. The lowest BCUT2D eigenvalue weighted by molar-refractivity contribution is -0.148. The van der Waals surface area contributed by atoms with Crippen LogP contribution in [0.3, 0.4) is 0 Å². The van der Waals surface area contributed by atoms with E-state index in [1.165, 1.54) is 5.56 Å². The molecular formula is C29H33NO4. The average Bonchev–Trinajstić information content (AvgIpc) is 2.85. The fraction of sp³-hybridized carbons (Fsp3) is 0.310. The van der Waals surface area contributed by atoms with Crippen molar-refractivity contribution in [2.45, 2.75) is 45.6 Å². The molecule has 0 heterocycles. The zero-order valence-electron chi connectivity index (χ0n) is 19.9. The van der Waals surface area contributed by atoms with Crippen LogP contribution >= 0.6 is 0 Å². The van der Waals surface area contributed by atoms with Crippen LogP contribution in [0.15, 0.2) is 78.9 Å². The zero-order valence-corrected chi connectivity index (χ0v) is 19.9. The molecule has 0 spiro atoms. The summed E-state index contributed by atoms with van der Waals surface area (Å²) in [4.78, 5) is 24.3. The van der Waals surface area contributed by atoms with E-state index >= 15 is 0 Å². The van der Waals surface area contributed by atoms with Crippen molar-refractivity contribution in [3.63, 3.8) is 0 Å². The molecule has 0 aromatic heterocycles. The van der Waals surface area contributed by atoms with Crippen molar-refractivity contribution in [1.82, 2.24) is 5.32 Å². The number of carboxylic acid groups (broad SMARTS) is 1. The van der Waals surface area contributed by atoms with Crippen molar-refractivity contribution < 1.29 is 19.4 Å². The van der Waals surface area contributed by atoms with E-state index in [1.807, 2.05) is 85.8 Å². The van der Waals surface area contributed by atoms with Crippen LogP contribution in [0.2, 0.25) is 0 Å². The smallest absolute Gasteiger partial charge is 0.309 e. The minimum Gasteiger partial charge on any atom is -0.497 e. The highest BCUT2D eigenvalue weighted by Crippen LogP contribution is 2.30. The quantitative estimate of drug-likeness (QED) is 0.390. The predicted octanol–water partition coefficient (Wildman–Crippen LogP) is 5.21. The standard InChI is InChI=1S/C29H33NO4/c1-29(28(32)33,18-6-9-22-14-16-26(34-2)17-15-22)20-24-12-10-23(11-13-24)19-27(31)30-21-25-7-4-3-5-8-25/h3-5,7-8,10-17H,6,9,18-21H2,1-2H3,(H,30,31)(H,32,33). The number of carbonyl (C=O) groups excluding carboxylic acids is 1. The number of aliphatic carboxylic acids is 1. The SMILES string of the molecule is COc1ccc(CCCC(C)(Cc2ccc(CC(=O)NCc3ccccc3)cc2)C(=O)O)cc1. The lowest BCUT2D eigenvalue weighted by atomic mass is 9.79. The van der Waals surface area contributed by atoms with Crippen LogP contribution in [-0.4, -0.2) is 24.1 Å².